The van der Waals surface area contributed by atoms with E-state index in [1.54, 1.807) is 5.57 Å². The summed E-state index contributed by atoms with van der Waals surface area (Å²) >= 11 is 0. The van der Waals surface area contributed by atoms with Crippen LogP contribution < -0.4 is 0 Å². The Bertz CT molecular complexity index is 889. The molecule has 0 spiro atoms. The van der Waals surface area contributed by atoms with E-state index in [-0.39, 0.29) is 33.2 Å². The molecule has 0 bridgehead atoms. The Morgan fingerprint density at radius 1 is 0.879 bits per heavy atom. The zero-order valence-corrected chi connectivity index (χ0v) is 22.3. The minimum Gasteiger partial charge on any atom is -0.481 e. The van der Waals surface area contributed by atoms with Crippen LogP contribution in [-0.4, -0.2) is 22.3 Å². The normalized spacial score (nSPS) is 55.3. The molecule has 4 saturated carbocycles. The molecule has 0 saturated heterocycles. The van der Waals surface area contributed by atoms with Gasteiger partial charge in [-0.15, -0.1) is 0 Å². The van der Waals surface area contributed by atoms with Crippen LogP contribution in [0.15, 0.2) is 11.6 Å². The number of aliphatic hydroxyl groups is 1. The molecule has 3 heteroatoms. The molecule has 0 radical (unpaired) electrons. The van der Waals surface area contributed by atoms with Gasteiger partial charge in [0, 0.05) is 0 Å². The lowest BCUT2D eigenvalue weighted by molar-refractivity contribution is -0.203. The third-order valence-electron chi connectivity index (χ3n) is 13.3. The number of carboxylic acid groups (broad SMARTS) is 1. The molecule has 33 heavy (non-hydrogen) atoms. The third-order valence-corrected chi connectivity index (χ3v) is 13.3. The van der Waals surface area contributed by atoms with E-state index in [1.165, 1.54) is 25.7 Å². The van der Waals surface area contributed by atoms with E-state index in [9.17, 15) is 15.0 Å². The number of allylic oxidation sites excluding steroid dienone is 2. The van der Waals surface area contributed by atoms with Gasteiger partial charge in [-0.05, 0) is 116 Å². The summed E-state index contributed by atoms with van der Waals surface area (Å²) in [4.78, 5) is 12.2. The molecule has 9 atom stereocenters. The first-order chi connectivity index (χ1) is 15.1. The zero-order chi connectivity index (χ0) is 24.2. The second-order valence-corrected chi connectivity index (χ2v) is 14.9. The van der Waals surface area contributed by atoms with Crippen LogP contribution in [0.4, 0.5) is 0 Å². The Balaban J connectivity index is 1.57. The van der Waals surface area contributed by atoms with E-state index in [2.05, 4.69) is 47.6 Å². The summed E-state index contributed by atoms with van der Waals surface area (Å²) in [5.74, 6) is 1.01. The monoisotopic (exact) mass is 456 g/mol. The van der Waals surface area contributed by atoms with E-state index in [0.29, 0.717) is 17.8 Å². The highest BCUT2D eigenvalue weighted by Gasteiger charge is 2.68. The largest absolute Gasteiger partial charge is 0.481 e. The molecule has 0 heterocycles. The number of aliphatic hydroxyl groups excluding tert-OH is 1. The topological polar surface area (TPSA) is 57.5 Å². The number of aliphatic carboxylic acids is 1. The Kier molecular flexibility index (Phi) is 4.99. The molecule has 5 aliphatic carbocycles. The fourth-order valence-corrected chi connectivity index (χ4v) is 10.5. The van der Waals surface area contributed by atoms with E-state index in [1.807, 2.05) is 6.92 Å². The third kappa shape index (κ3) is 2.87. The van der Waals surface area contributed by atoms with Gasteiger partial charge >= 0.3 is 5.97 Å². The van der Waals surface area contributed by atoms with Gasteiger partial charge in [-0.2, -0.15) is 0 Å². The second kappa shape index (κ2) is 6.89. The fourth-order valence-electron chi connectivity index (χ4n) is 10.5. The van der Waals surface area contributed by atoms with Gasteiger partial charge in [-0.3, -0.25) is 4.79 Å². The smallest absolute Gasteiger partial charge is 0.309 e. The Morgan fingerprint density at radius 2 is 1.55 bits per heavy atom. The number of carbonyl (C=O) groups is 1. The van der Waals surface area contributed by atoms with Crippen molar-refractivity contribution in [1.82, 2.24) is 0 Å². The predicted molar refractivity (Wildman–Crippen MR) is 133 cm³/mol. The number of rotatable bonds is 1. The van der Waals surface area contributed by atoms with Crippen molar-refractivity contribution >= 4 is 5.97 Å². The predicted octanol–water partition coefficient (Wildman–Crippen LogP) is 7.23. The van der Waals surface area contributed by atoms with Gasteiger partial charge < -0.3 is 10.2 Å². The molecule has 0 amide bonds. The summed E-state index contributed by atoms with van der Waals surface area (Å²) in [7, 11) is 0. The van der Waals surface area contributed by atoms with Crippen LogP contribution in [0.25, 0.3) is 0 Å². The van der Waals surface area contributed by atoms with Crippen molar-refractivity contribution in [2.75, 3.05) is 0 Å². The van der Waals surface area contributed by atoms with Crippen molar-refractivity contribution in [1.29, 1.82) is 0 Å². The molecule has 0 aromatic rings. The first kappa shape index (κ1) is 23.9. The van der Waals surface area contributed by atoms with Gasteiger partial charge in [0.05, 0.1) is 11.5 Å². The quantitative estimate of drug-likeness (QED) is 0.409. The maximum Gasteiger partial charge on any atom is 0.309 e. The van der Waals surface area contributed by atoms with Gasteiger partial charge in [0.25, 0.3) is 0 Å². The SMILES string of the molecule is CC1(C)C(O)CC[C@]2(C)[C@H]3CC=C4[C@@H]5C[C@](C)(C(=O)O)CC[C@]5(C)CC[C@@]4(C)[C@]3(C)CC[C@@H]12. The molecular formula is C30H48O3. The highest BCUT2D eigenvalue weighted by Crippen LogP contribution is 2.75. The number of hydrogen-bond donors (Lipinski definition) is 2. The van der Waals surface area contributed by atoms with E-state index in [4.69, 9.17) is 0 Å². The van der Waals surface area contributed by atoms with Crippen LogP contribution in [0.5, 0.6) is 0 Å². The summed E-state index contributed by atoms with van der Waals surface area (Å²) in [6, 6.07) is 0. The molecule has 5 aliphatic rings. The van der Waals surface area contributed by atoms with Gasteiger partial charge in [-0.1, -0.05) is 53.2 Å². The number of hydrogen-bond acceptors (Lipinski definition) is 2. The summed E-state index contributed by atoms with van der Waals surface area (Å²) in [5, 5.41) is 20.9. The molecule has 186 valence electrons. The standard InChI is InChI=1S/C30H48O3/c1-25(2)21-10-13-30(7)22(28(21,5)12-11-23(25)31)9-8-19-20-18-27(4,24(32)33)15-14-26(20,3)16-17-29(19,30)6/h8,20-23,31H,9-18H2,1-7H3,(H,32,33)/t20-,21-,22+,23?,26+,27+,28-,29+,30+/m0/s1. The average molecular weight is 457 g/mol. The number of carboxylic acids is 1. The lowest BCUT2D eigenvalue weighted by atomic mass is 9.33. The summed E-state index contributed by atoms with van der Waals surface area (Å²) < 4.78 is 0. The van der Waals surface area contributed by atoms with Gasteiger partial charge in [0.1, 0.15) is 0 Å². The van der Waals surface area contributed by atoms with Crippen LogP contribution in [0.2, 0.25) is 0 Å². The molecule has 4 fully saturated rings. The minimum atomic E-state index is -0.603. The van der Waals surface area contributed by atoms with Crippen molar-refractivity contribution < 1.29 is 15.0 Å². The highest BCUT2D eigenvalue weighted by atomic mass is 16.4. The van der Waals surface area contributed by atoms with Gasteiger partial charge in [0.2, 0.25) is 0 Å². The Morgan fingerprint density at radius 3 is 2.21 bits per heavy atom. The maximum absolute atomic E-state index is 12.2. The van der Waals surface area contributed by atoms with Crippen LogP contribution in [-0.2, 0) is 4.79 Å². The molecular weight excluding hydrogens is 408 g/mol. The van der Waals surface area contributed by atoms with Crippen molar-refractivity contribution in [2.45, 2.75) is 119 Å². The highest BCUT2D eigenvalue weighted by molar-refractivity contribution is 5.74. The van der Waals surface area contributed by atoms with Crippen LogP contribution in [0, 0.1) is 50.2 Å². The van der Waals surface area contributed by atoms with Crippen molar-refractivity contribution in [3.05, 3.63) is 11.6 Å². The van der Waals surface area contributed by atoms with E-state index < -0.39 is 11.4 Å². The Hall–Kier alpha value is -0.830. The molecule has 0 aromatic carbocycles. The zero-order valence-electron chi connectivity index (χ0n) is 22.3. The van der Waals surface area contributed by atoms with Gasteiger partial charge in [0.15, 0.2) is 0 Å². The lowest BCUT2D eigenvalue weighted by Gasteiger charge is -2.71. The first-order valence-electron chi connectivity index (χ1n) is 13.8. The van der Waals surface area contributed by atoms with E-state index in [0.717, 1.165) is 38.5 Å². The molecule has 3 nitrogen and oxygen atoms in total. The van der Waals surface area contributed by atoms with Crippen molar-refractivity contribution in [3.63, 3.8) is 0 Å². The van der Waals surface area contributed by atoms with Crippen LogP contribution in [0.1, 0.15) is 113 Å². The molecule has 0 aromatic heterocycles. The fraction of sp³-hybridized carbons (Fsp3) is 0.900. The molecule has 5 rings (SSSR count). The summed E-state index contributed by atoms with van der Waals surface area (Å²) in [6.07, 6.45) is 13.2. The molecule has 2 N–H and O–H groups in total. The minimum absolute atomic E-state index is 0.0168. The lowest BCUT2D eigenvalue weighted by Crippen LogP contribution is -2.64. The summed E-state index contributed by atoms with van der Waals surface area (Å²) in [5.41, 5.74) is 1.94. The van der Waals surface area contributed by atoms with Crippen LogP contribution in [0.3, 0.4) is 0 Å². The summed E-state index contributed by atoms with van der Waals surface area (Å²) in [6.45, 7) is 16.8. The average Bonchev–Trinajstić information content (AvgIpc) is 2.73. The van der Waals surface area contributed by atoms with Crippen molar-refractivity contribution in [3.8, 4) is 0 Å². The maximum atomic E-state index is 12.2. The Labute approximate surface area is 201 Å². The van der Waals surface area contributed by atoms with Crippen LogP contribution >= 0.6 is 0 Å². The van der Waals surface area contributed by atoms with Gasteiger partial charge in [-0.25, -0.2) is 0 Å². The molecule has 0 aliphatic heterocycles. The second-order valence-electron chi connectivity index (χ2n) is 14.9. The first-order valence-corrected chi connectivity index (χ1v) is 13.8. The van der Waals surface area contributed by atoms with Crippen molar-refractivity contribution in [2.24, 2.45) is 50.2 Å². The van der Waals surface area contributed by atoms with E-state index >= 15 is 0 Å². The number of fused-ring (bicyclic) bond motifs is 7. The molecule has 1 unspecified atom stereocenters.